The van der Waals surface area contributed by atoms with Gasteiger partial charge < -0.3 is 9.30 Å². The normalized spacial score (nSPS) is 11.5. The van der Waals surface area contributed by atoms with Gasteiger partial charge in [-0.15, -0.1) is 0 Å². The zero-order valence-corrected chi connectivity index (χ0v) is 9.91. The predicted octanol–water partition coefficient (Wildman–Crippen LogP) is 2.35. The molecule has 0 aliphatic heterocycles. The van der Waals surface area contributed by atoms with Gasteiger partial charge in [0.15, 0.2) is 0 Å². The lowest BCUT2D eigenvalue weighted by atomic mass is 9.84. The van der Waals surface area contributed by atoms with Crippen molar-refractivity contribution < 1.29 is 9.53 Å². The van der Waals surface area contributed by atoms with Crippen molar-refractivity contribution in [1.29, 1.82) is 0 Å². The summed E-state index contributed by atoms with van der Waals surface area (Å²) in [6.45, 7) is 6.85. The Balaban J connectivity index is 2.76. The van der Waals surface area contributed by atoms with E-state index in [1.807, 2.05) is 17.0 Å². The minimum absolute atomic E-state index is 0.168. The van der Waals surface area contributed by atoms with Crippen LogP contribution in [0.5, 0.6) is 0 Å². The van der Waals surface area contributed by atoms with E-state index in [0.717, 1.165) is 6.42 Å². The lowest BCUT2D eigenvalue weighted by molar-refractivity contribution is -0.141. The fourth-order valence-corrected chi connectivity index (χ4v) is 1.36. The number of rotatable bonds is 4. The number of aromatic nitrogens is 1. The Morgan fingerprint density at radius 3 is 2.73 bits per heavy atom. The highest BCUT2D eigenvalue weighted by Gasteiger charge is 2.19. The SMILES string of the molecule is CCC(C)(C)c1ccn(CC(=O)OC)c1. The molecule has 0 unspecified atom stereocenters. The summed E-state index contributed by atoms with van der Waals surface area (Å²) in [5, 5.41) is 0. The highest BCUT2D eigenvalue weighted by molar-refractivity contribution is 5.69. The predicted molar refractivity (Wildman–Crippen MR) is 59.8 cm³/mol. The second kappa shape index (κ2) is 4.51. The average Bonchev–Trinajstić information content (AvgIpc) is 2.66. The van der Waals surface area contributed by atoms with Crippen molar-refractivity contribution >= 4 is 5.97 Å². The summed E-state index contributed by atoms with van der Waals surface area (Å²) in [5.41, 5.74) is 1.43. The van der Waals surface area contributed by atoms with Crippen LogP contribution in [0.1, 0.15) is 32.8 Å². The molecule has 0 atom stereocenters. The Morgan fingerprint density at radius 2 is 2.20 bits per heavy atom. The average molecular weight is 209 g/mol. The van der Waals surface area contributed by atoms with E-state index in [1.165, 1.54) is 12.7 Å². The number of hydrogen-bond donors (Lipinski definition) is 0. The molecule has 0 saturated heterocycles. The van der Waals surface area contributed by atoms with Crippen LogP contribution >= 0.6 is 0 Å². The molecule has 3 nitrogen and oxygen atoms in total. The smallest absolute Gasteiger partial charge is 0.325 e. The molecule has 0 aliphatic rings. The first-order chi connectivity index (χ1) is 6.99. The van der Waals surface area contributed by atoms with Crippen molar-refractivity contribution in [3.63, 3.8) is 0 Å². The molecule has 0 amide bonds. The summed E-state index contributed by atoms with van der Waals surface area (Å²) >= 11 is 0. The van der Waals surface area contributed by atoms with Crippen LogP contribution in [-0.4, -0.2) is 17.6 Å². The van der Waals surface area contributed by atoms with Gasteiger partial charge in [-0.2, -0.15) is 0 Å². The van der Waals surface area contributed by atoms with Crippen LogP contribution in [0.15, 0.2) is 18.5 Å². The number of carbonyl (C=O) groups is 1. The lowest BCUT2D eigenvalue weighted by Gasteiger charge is -2.21. The molecule has 1 aromatic rings. The van der Waals surface area contributed by atoms with E-state index in [2.05, 4.69) is 31.6 Å². The van der Waals surface area contributed by atoms with Gasteiger partial charge in [-0.25, -0.2) is 0 Å². The molecule has 0 bridgehead atoms. The Labute approximate surface area is 91.0 Å². The van der Waals surface area contributed by atoms with Crippen LogP contribution in [0.2, 0.25) is 0 Å². The van der Waals surface area contributed by atoms with Gasteiger partial charge in [-0.1, -0.05) is 20.8 Å². The molecule has 0 spiro atoms. The fraction of sp³-hybridized carbons (Fsp3) is 0.583. The lowest BCUT2D eigenvalue weighted by Crippen LogP contribution is -2.15. The zero-order chi connectivity index (χ0) is 11.5. The maximum Gasteiger partial charge on any atom is 0.325 e. The standard InChI is InChI=1S/C12H19NO2/c1-5-12(2,3)10-6-7-13(8-10)9-11(14)15-4/h6-8H,5,9H2,1-4H3. The number of nitrogens with zero attached hydrogens (tertiary/aromatic N) is 1. The molecule has 0 radical (unpaired) electrons. The molecular weight excluding hydrogens is 190 g/mol. The summed E-state index contributed by atoms with van der Waals surface area (Å²) in [6.07, 6.45) is 5.01. The molecule has 0 N–H and O–H groups in total. The molecule has 1 rings (SSSR count). The van der Waals surface area contributed by atoms with Crippen molar-refractivity contribution in [2.24, 2.45) is 0 Å². The van der Waals surface area contributed by atoms with Crippen molar-refractivity contribution in [1.82, 2.24) is 4.57 Å². The molecule has 0 saturated carbocycles. The summed E-state index contributed by atoms with van der Waals surface area (Å²) < 4.78 is 6.48. The zero-order valence-electron chi connectivity index (χ0n) is 9.91. The van der Waals surface area contributed by atoms with E-state index < -0.39 is 0 Å². The summed E-state index contributed by atoms with van der Waals surface area (Å²) in [6, 6.07) is 2.06. The van der Waals surface area contributed by atoms with Crippen LogP contribution in [0.25, 0.3) is 0 Å². The van der Waals surface area contributed by atoms with E-state index in [4.69, 9.17) is 0 Å². The monoisotopic (exact) mass is 209 g/mol. The number of hydrogen-bond acceptors (Lipinski definition) is 2. The van der Waals surface area contributed by atoms with Crippen molar-refractivity contribution in [3.8, 4) is 0 Å². The first kappa shape index (κ1) is 11.8. The third kappa shape index (κ3) is 2.85. The third-order valence-electron chi connectivity index (χ3n) is 2.96. The topological polar surface area (TPSA) is 31.2 Å². The molecule has 0 fully saturated rings. The molecule has 1 heterocycles. The number of methoxy groups -OCH3 is 1. The Morgan fingerprint density at radius 1 is 1.53 bits per heavy atom. The van der Waals surface area contributed by atoms with Gasteiger partial charge in [0.25, 0.3) is 0 Å². The quantitative estimate of drug-likeness (QED) is 0.713. The minimum atomic E-state index is -0.216. The third-order valence-corrected chi connectivity index (χ3v) is 2.96. The molecule has 15 heavy (non-hydrogen) atoms. The van der Waals surface area contributed by atoms with Crippen LogP contribution < -0.4 is 0 Å². The molecule has 3 heteroatoms. The molecule has 84 valence electrons. The van der Waals surface area contributed by atoms with Gasteiger partial charge in [0.05, 0.1) is 7.11 Å². The molecular formula is C12H19NO2. The van der Waals surface area contributed by atoms with Gasteiger partial charge >= 0.3 is 5.97 Å². The van der Waals surface area contributed by atoms with E-state index in [-0.39, 0.29) is 17.9 Å². The van der Waals surface area contributed by atoms with Crippen LogP contribution in [0, 0.1) is 0 Å². The van der Waals surface area contributed by atoms with Gasteiger partial charge in [-0.3, -0.25) is 4.79 Å². The summed E-state index contributed by atoms with van der Waals surface area (Å²) in [4.78, 5) is 11.1. The number of ether oxygens (including phenoxy) is 1. The summed E-state index contributed by atoms with van der Waals surface area (Å²) in [5.74, 6) is -0.216. The highest BCUT2D eigenvalue weighted by Crippen LogP contribution is 2.26. The van der Waals surface area contributed by atoms with Crippen LogP contribution in [0.3, 0.4) is 0 Å². The number of carbonyl (C=O) groups excluding carboxylic acids is 1. The first-order valence-electron chi connectivity index (χ1n) is 5.22. The van der Waals surface area contributed by atoms with E-state index in [1.54, 1.807) is 0 Å². The molecule has 1 aromatic heterocycles. The highest BCUT2D eigenvalue weighted by atomic mass is 16.5. The van der Waals surface area contributed by atoms with Gasteiger partial charge in [-0.05, 0) is 23.5 Å². The van der Waals surface area contributed by atoms with E-state index in [0.29, 0.717) is 0 Å². The summed E-state index contributed by atoms with van der Waals surface area (Å²) in [7, 11) is 1.41. The van der Waals surface area contributed by atoms with E-state index in [9.17, 15) is 4.79 Å². The van der Waals surface area contributed by atoms with Gasteiger partial charge in [0, 0.05) is 12.4 Å². The van der Waals surface area contributed by atoms with Crippen molar-refractivity contribution in [3.05, 3.63) is 24.0 Å². The van der Waals surface area contributed by atoms with Gasteiger partial charge in [0.2, 0.25) is 0 Å². The van der Waals surface area contributed by atoms with Crippen LogP contribution in [-0.2, 0) is 21.5 Å². The van der Waals surface area contributed by atoms with Gasteiger partial charge in [0.1, 0.15) is 6.54 Å². The Hall–Kier alpha value is -1.25. The minimum Gasteiger partial charge on any atom is -0.468 e. The maximum absolute atomic E-state index is 11.1. The van der Waals surface area contributed by atoms with Crippen molar-refractivity contribution in [2.45, 2.75) is 39.2 Å². The molecule has 0 aromatic carbocycles. The largest absolute Gasteiger partial charge is 0.468 e. The number of esters is 1. The van der Waals surface area contributed by atoms with Crippen molar-refractivity contribution in [2.75, 3.05) is 7.11 Å². The maximum atomic E-state index is 11.1. The first-order valence-corrected chi connectivity index (χ1v) is 5.22. The van der Waals surface area contributed by atoms with Crippen LogP contribution in [0.4, 0.5) is 0 Å². The van der Waals surface area contributed by atoms with E-state index >= 15 is 0 Å². The fourth-order valence-electron chi connectivity index (χ4n) is 1.36. The Bertz CT molecular complexity index is 339. The second-order valence-corrected chi connectivity index (χ2v) is 4.39. The molecule has 0 aliphatic carbocycles. The Kier molecular flexibility index (Phi) is 3.56. The second-order valence-electron chi connectivity index (χ2n) is 4.39.